The standard InChI is InChI=1S/C25H23F3N4O3S/c1-3-4-5-11-34-22-9-8-18(13-19(22)25(26,27)28)32(23(33)20-12-16(2)35-31-20)24-30-21(15-36-24)17-7-6-10-29-14-17/h6-10,12-15H,3-5,11H2,1-2H3. The summed E-state index contributed by atoms with van der Waals surface area (Å²) in [7, 11) is 0. The highest BCUT2D eigenvalue weighted by molar-refractivity contribution is 7.14. The lowest BCUT2D eigenvalue weighted by atomic mass is 10.1. The van der Waals surface area contributed by atoms with E-state index in [0.717, 1.165) is 35.1 Å². The minimum atomic E-state index is -4.70. The van der Waals surface area contributed by atoms with Gasteiger partial charge in [-0.05, 0) is 43.7 Å². The molecule has 11 heteroatoms. The van der Waals surface area contributed by atoms with Crippen LogP contribution in [0.5, 0.6) is 5.75 Å². The van der Waals surface area contributed by atoms with Crippen molar-refractivity contribution in [1.82, 2.24) is 15.1 Å². The van der Waals surface area contributed by atoms with E-state index < -0.39 is 17.6 Å². The van der Waals surface area contributed by atoms with Gasteiger partial charge in [-0.3, -0.25) is 14.7 Å². The maximum atomic E-state index is 14.0. The minimum absolute atomic E-state index is 0.0269. The van der Waals surface area contributed by atoms with Gasteiger partial charge in [-0.1, -0.05) is 24.9 Å². The molecule has 188 valence electrons. The number of ether oxygens (including phenoxy) is 1. The van der Waals surface area contributed by atoms with E-state index in [0.29, 0.717) is 23.4 Å². The summed E-state index contributed by atoms with van der Waals surface area (Å²) in [6, 6.07) is 8.48. The largest absolute Gasteiger partial charge is 0.493 e. The number of aryl methyl sites for hydroxylation is 1. The molecule has 1 aromatic carbocycles. The summed E-state index contributed by atoms with van der Waals surface area (Å²) in [5.41, 5.74) is 0.176. The molecule has 0 atom stereocenters. The van der Waals surface area contributed by atoms with E-state index in [4.69, 9.17) is 9.26 Å². The smallest absolute Gasteiger partial charge is 0.420 e. The van der Waals surface area contributed by atoms with Crippen molar-refractivity contribution in [2.45, 2.75) is 39.3 Å². The topological polar surface area (TPSA) is 81.4 Å². The number of alkyl halides is 3. The van der Waals surface area contributed by atoms with E-state index in [9.17, 15) is 18.0 Å². The molecule has 4 aromatic rings. The van der Waals surface area contributed by atoms with Crippen molar-refractivity contribution in [3.63, 3.8) is 0 Å². The van der Waals surface area contributed by atoms with Gasteiger partial charge in [0, 0.05) is 29.4 Å². The van der Waals surface area contributed by atoms with Crippen molar-refractivity contribution in [3.05, 3.63) is 71.2 Å². The van der Waals surface area contributed by atoms with Crippen LogP contribution in [-0.2, 0) is 6.18 Å². The summed E-state index contributed by atoms with van der Waals surface area (Å²) in [6.07, 6.45) is 0.938. The van der Waals surface area contributed by atoms with Gasteiger partial charge < -0.3 is 9.26 Å². The van der Waals surface area contributed by atoms with E-state index >= 15 is 0 Å². The number of rotatable bonds is 9. The number of pyridine rings is 1. The number of hydrogen-bond acceptors (Lipinski definition) is 7. The van der Waals surface area contributed by atoms with Gasteiger partial charge in [0.15, 0.2) is 10.8 Å². The van der Waals surface area contributed by atoms with Crippen LogP contribution >= 0.6 is 11.3 Å². The van der Waals surface area contributed by atoms with Gasteiger partial charge in [-0.15, -0.1) is 11.3 Å². The molecule has 0 saturated carbocycles. The zero-order valence-corrected chi connectivity index (χ0v) is 20.4. The van der Waals surface area contributed by atoms with Crippen LogP contribution < -0.4 is 9.64 Å². The zero-order valence-electron chi connectivity index (χ0n) is 19.6. The summed E-state index contributed by atoms with van der Waals surface area (Å²) in [5.74, 6) is -0.578. The molecule has 0 fully saturated rings. The van der Waals surface area contributed by atoms with Crippen molar-refractivity contribution >= 4 is 28.1 Å². The number of hydrogen-bond donors (Lipinski definition) is 0. The van der Waals surface area contributed by atoms with Gasteiger partial charge in [0.2, 0.25) is 0 Å². The van der Waals surface area contributed by atoms with Crippen molar-refractivity contribution in [1.29, 1.82) is 0 Å². The van der Waals surface area contributed by atoms with Crippen molar-refractivity contribution < 1.29 is 27.2 Å². The molecule has 0 aliphatic heterocycles. The third-order valence-corrected chi connectivity index (χ3v) is 6.05. The first kappa shape index (κ1) is 25.4. The minimum Gasteiger partial charge on any atom is -0.493 e. The Morgan fingerprint density at radius 3 is 2.69 bits per heavy atom. The number of carbonyl (C=O) groups excluding carboxylic acids is 1. The Labute approximate surface area is 209 Å². The van der Waals surface area contributed by atoms with Gasteiger partial charge in [0.05, 0.1) is 23.6 Å². The molecular weight excluding hydrogens is 493 g/mol. The highest BCUT2D eigenvalue weighted by atomic mass is 32.1. The fourth-order valence-electron chi connectivity index (χ4n) is 3.45. The molecule has 4 rings (SSSR count). The first-order chi connectivity index (χ1) is 17.3. The molecule has 3 aromatic heterocycles. The van der Waals surface area contributed by atoms with Crippen LogP contribution in [0.4, 0.5) is 24.0 Å². The molecule has 7 nitrogen and oxygen atoms in total. The van der Waals surface area contributed by atoms with Gasteiger partial charge in [0.1, 0.15) is 11.5 Å². The number of carbonyl (C=O) groups is 1. The lowest BCUT2D eigenvalue weighted by molar-refractivity contribution is -0.138. The Hall–Kier alpha value is -3.73. The summed E-state index contributed by atoms with van der Waals surface area (Å²) in [6.45, 7) is 3.78. The number of aromatic nitrogens is 3. The third kappa shape index (κ3) is 5.73. The van der Waals surface area contributed by atoms with E-state index in [1.165, 1.54) is 18.2 Å². The van der Waals surface area contributed by atoms with Crippen LogP contribution in [0.25, 0.3) is 11.3 Å². The lowest BCUT2D eigenvalue weighted by Crippen LogP contribution is -2.26. The van der Waals surface area contributed by atoms with E-state index in [-0.39, 0.29) is 28.9 Å². The molecule has 1 amide bonds. The second-order valence-corrected chi connectivity index (χ2v) is 8.79. The van der Waals surface area contributed by atoms with Crippen molar-refractivity contribution in [2.75, 3.05) is 11.5 Å². The number of anilines is 2. The predicted octanol–water partition coefficient (Wildman–Crippen LogP) is 7.07. The molecule has 0 radical (unpaired) electrons. The average molecular weight is 517 g/mol. The SMILES string of the molecule is CCCCCOc1ccc(N(C(=O)c2cc(C)on2)c2nc(-c3cccnc3)cs2)cc1C(F)(F)F. The quantitative estimate of drug-likeness (QED) is 0.221. The first-order valence-corrected chi connectivity index (χ1v) is 12.1. The van der Waals surface area contributed by atoms with Crippen molar-refractivity contribution in [2.24, 2.45) is 0 Å². The first-order valence-electron chi connectivity index (χ1n) is 11.3. The van der Waals surface area contributed by atoms with Crippen LogP contribution in [0.15, 0.2) is 58.7 Å². The second kappa shape index (κ2) is 10.9. The van der Waals surface area contributed by atoms with Crippen LogP contribution in [0.1, 0.15) is 48.0 Å². The number of thiazole rings is 1. The number of benzene rings is 1. The van der Waals surface area contributed by atoms with Crippen molar-refractivity contribution in [3.8, 4) is 17.0 Å². The Morgan fingerprint density at radius 1 is 1.19 bits per heavy atom. The highest BCUT2D eigenvalue weighted by Gasteiger charge is 2.36. The molecule has 0 unspecified atom stereocenters. The summed E-state index contributed by atoms with van der Waals surface area (Å²) < 4.78 is 52.4. The number of nitrogens with zero attached hydrogens (tertiary/aromatic N) is 4. The Balaban J connectivity index is 1.76. The van der Waals surface area contributed by atoms with Crippen LogP contribution in [0, 0.1) is 6.92 Å². The Morgan fingerprint density at radius 2 is 2.03 bits per heavy atom. The maximum Gasteiger partial charge on any atom is 0.420 e. The maximum absolute atomic E-state index is 14.0. The van der Waals surface area contributed by atoms with Gasteiger partial charge in [0.25, 0.3) is 5.91 Å². The van der Waals surface area contributed by atoms with E-state index in [1.54, 1.807) is 36.8 Å². The molecular formula is C25H23F3N4O3S. The summed E-state index contributed by atoms with van der Waals surface area (Å²) >= 11 is 1.11. The lowest BCUT2D eigenvalue weighted by Gasteiger charge is -2.22. The molecule has 0 aliphatic carbocycles. The molecule has 0 bridgehead atoms. The average Bonchev–Trinajstić information content (AvgIpc) is 3.52. The highest BCUT2D eigenvalue weighted by Crippen LogP contribution is 2.41. The number of amides is 1. The van der Waals surface area contributed by atoms with Crippen LogP contribution in [0.2, 0.25) is 0 Å². The normalized spacial score (nSPS) is 11.5. The Bertz CT molecular complexity index is 1320. The zero-order chi connectivity index (χ0) is 25.7. The summed E-state index contributed by atoms with van der Waals surface area (Å²) in [5, 5.41) is 5.63. The fraction of sp³-hybridized carbons (Fsp3) is 0.280. The third-order valence-electron chi connectivity index (χ3n) is 5.22. The second-order valence-electron chi connectivity index (χ2n) is 7.95. The van der Waals surface area contributed by atoms with Gasteiger partial charge in [-0.2, -0.15) is 13.2 Å². The fourth-order valence-corrected chi connectivity index (χ4v) is 4.30. The molecule has 0 aliphatic rings. The summed E-state index contributed by atoms with van der Waals surface area (Å²) in [4.78, 5) is 23.1. The predicted molar refractivity (Wildman–Crippen MR) is 130 cm³/mol. The Kier molecular flexibility index (Phi) is 7.68. The van der Waals surface area contributed by atoms with Gasteiger partial charge >= 0.3 is 6.18 Å². The monoisotopic (exact) mass is 516 g/mol. The molecule has 0 N–H and O–H groups in total. The molecule has 0 spiro atoms. The van der Waals surface area contributed by atoms with E-state index in [2.05, 4.69) is 15.1 Å². The number of halogens is 3. The van der Waals surface area contributed by atoms with Crippen LogP contribution in [0.3, 0.4) is 0 Å². The molecule has 0 saturated heterocycles. The van der Waals surface area contributed by atoms with Gasteiger partial charge in [-0.25, -0.2) is 4.98 Å². The van der Waals surface area contributed by atoms with E-state index in [1.807, 2.05) is 6.92 Å². The van der Waals surface area contributed by atoms with Crippen LogP contribution in [-0.4, -0.2) is 27.6 Å². The molecule has 36 heavy (non-hydrogen) atoms. The molecule has 3 heterocycles. The number of unbranched alkanes of at least 4 members (excludes halogenated alkanes) is 2.